The molecule has 0 aliphatic heterocycles. The van der Waals surface area contributed by atoms with Crippen molar-refractivity contribution in [3.63, 3.8) is 0 Å². The molecule has 1 nitrogen and oxygen atoms in total. The molecule has 0 fully saturated rings. The first kappa shape index (κ1) is 24.9. The van der Waals surface area contributed by atoms with Crippen molar-refractivity contribution in [2.75, 3.05) is 0 Å². The van der Waals surface area contributed by atoms with Gasteiger partial charge in [-0.3, -0.25) is 0 Å². The molecule has 23 heavy (non-hydrogen) atoms. The van der Waals surface area contributed by atoms with Gasteiger partial charge in [0.2, 0.25) is 6.17 Å². The maximum atomic E-state index is 12.8. The standard InChI is InChI=1S/C8H5F13O.Li.H/c9-1(2(10)4(12)13)3(11)5(14,15)6(16,17)7(18,19)8(20,21)22;;/h1-4,22H;;. The van der Waals surface area contributed by atoms with Gasteiger partial charge in [-0.15, -0.1) is 0 Å². The Bertz CT molecular complexity index is 381. The molecule has 0 aliphatic rings. The van der Waals surface area contributed by atoms with E-state index in [2.05, 4.69) is 0 Å². The van der Waals surface area contributed by atoms with Gasteiger partial charge in [0.1, 0.15) is 0 Å². The van der Waals surface area contributed by atoms with Gasteiger partial charge in [-0.2, -0.15) is 35.1 Å². The number of hydrogen-bond acceptors (Lipinski definition) is 1. The van der Waals surface area contributed by atoms with E-state index in [0.29, 0.717) is 0 Å². The van der Waals surface area contributed by atoms with Gasteiger partial charge in [-0.25, -0.2) is 22.0 Å². The fourth-order valence-electron chi connectivity index (χ4n) is 1.07. The summed E-state index contributed by atoms with van der Waals surface area (Å²) in [5, 5.41) is 7.46. The molecule has 1 N–H and O–H groups in total. The number of halogens is 13. The molecule has 0 rings (SSSR count). The average molecular weight is 372 g/mol. The van der Waals surface area contributed by atoms with E-state index in [1.165, 1.54) is 0 Å². The van der Waals surface area contributed by atoms with Crippen LogP contribution in [0.2, 0.25) is 0 Å². The van der Waals surface area contributed by atoms with Crippen LogP contribution in [-0.4, -0.2) is 72.8 Å². The molecule has 15 heteroatoms. The normalized spacial score (nSPS) is 18.4. The van der Waals surface area contributed by atoms with E-state index >= 15 is 0 Å². The van der Waals surface area contributed by atoms with Crippen LogP contribution in [0.1, 0.15) is 0 Å². The summed E-state index contributed by atoms with van der Waals surface area (Å²) in [5.74, 6) is -21.8. The first-order valence-electron chi connectivity index (χ1n) is 4.87. The Labute approximate surface area is 131 Å². The Hall–Kier alpha value is -0.353. The second-order valence-corrected chi connectivity index (χ2v) is 3.94. The Morgan fingerprint density at radius 3 is 1.22 bits per heavy atom. The minimum absolute atomic E-state index is 0. The topological polar surface area (TPSA) is 20.2 Å². The average Bonchev–Trinajstić information content (AvgIpc) is 2.33. The summed E-state index contributed by atoms with van der Waals surface area (Å²) < 4.78 is 160. The number of rotatable bonds is 7. The van der Waals surface area contributed by atoms with E-state index < -0.39 is 48.8 Å². The summed E-state index contributed by atoms with van der Waals surface area (Å²) in [6.07, 6.45) is -25.8. The molecule has 0 bridgehead atoms. The molecular weight excluding hydrogens is 366 g/mol. The maximum absolute atomic E-state index is 12.8. The Kier molecular flexibility index (Phi) is 7.86. The predicted octanol–water partition coefficient (Wildman–Crippen LogP) is 3.11. The molecule has 136 valence electrons. The van der Waals surface area contributed by atoms with E-state index in [0.717, 1.165) is 0 Å². The molecule has 0 saturated heterocycles. The van der Waals surface area contributed by atoms with Crippen LogP contribution in [-0.2, 0) is 0 Å². The molecule has 0 amide bonds. The number of hydrogen-bond donors (Lipinski definition) is 1. The minimum atomic E-state index is -7.44. The third-order valence-electron chi connectivity index (χ3n) is 2.36. The van der Waals surface area contributed by atoms with Crippen LogP contribution in [0.3, 0.4) is 0 Å². The SMILES string of the molecule is OC(F)(F)C(F)(F)C(F)(F)C(F)(F)C(F)C(F)C(F)C(F)F.[LiH]. The zero-order valence-corrected chi connectivity index (χ0v) is 9.67. The van der Waals surface area contributed by atoms with Crippen LogP contribution in [0.4, 0.5) is 57.1 Å². The molecule has 3 atom stereocenters. The molecule has 0 aromatic carbocycles. The van der Waals surface area contributed by atoms with Crippen molar-refractivity contribution in [2.45, 2.75) is 48.8 Å². The summed E-state index contributed by atoms with van der Waals surface area (Å²) >= 11 is 0. The first-order chi connectivity index (χ1) is 9.43. The van der Waals surface area contributed by atoms with E-state index in [9.17, 15) is 57.1 Å². The van der Waals surface area contributed by atoms with Crippen molar-refractivity contribution < 1.29 is 62.2 Å². The van der Waals surface area contributed by atoms with Crippen LogP contribution in [0.15, 0.2) is 0 Å². The van der Waals surface area contributed by atoms with Gasteiger partial charge in [0.05, 0.1) is 0 Å². The van der Waals surface area contributed by atoms with Gasteiger partial charge in [0.25, 0.3) is 6.43 Å². The summed E-state index contributed by atoms with van der Waals surface area (Å²) in [4.78, 5) is 0. The molecule has 0 aliphatic carbocycles. The summed E-state index contributed by atoms with van der Waals surface area (Å²) in [7, 11) is 0. The van der Waals surface area contributed by atoms with Crippen LogP contribution in [0.25, 0.3) is 0 Å². The molecule has 3 unspecified atom stereocenters. The van der Waals surface area contributed by atoms with Gasteiger partial charge in [-0.1, -0.05) is 0 Å². The van der Waals surface area contributed by atoms with Crippen molar-refractivity contribution in [2.24, 2.45) is 0 Å². The van der Waals surface area contributed by atoms with E-state index in [1.54, 1.807) is 0 Å². The summed E-state index contributed by atoms with van der Waals surface area (Å²) in [6.45, 7) is 0. The quantitative estimate of drug-likeness (QED) is 0.538. The van der Waals surface area contributed by atoms with E-state index in [-0.39, 0.29) is 18.9 Å². The van der Waals surface area contributed by atoms with Crippen LogP contribution in [0, 0.1) is 0 Å². The van der Waals surface area contributed by atoms with Gasteiger partial charge in [-0.05, 0) is 0 Å². The third kappa shape index (κ3) is 4.19. The van der Waals surface area contributed by atoms with Crippen molar-refractivity contribution in [1.29, 1.82) is 0 Å². The number of aliphatic hydroxyl groups is 1. The fourth-order valence-corrected chi connectivity index (χ4v) is 1.07. The predicted molar refractivity (Wildman–Crippen MR) is 49.8 cm³/mol. The fraction of sp³-hybridized carbons (Fsp3) is 1.00. The van der Waals surface area contributed by atoms with Gasteiger partial charge in [0.15, 0.2) is 12.3 Å². The van der Waals surface area contributed by atoms with Gasteiger partial charge >= 0.3 is 42.7 Å². The zero-order valence-electron chi connectivity index (χ0n) is 9.67. The van der Waals surface area contributed by atoms with Crippen LogP contribution in [0.5, 0.6) is 0 Å². The molecular formula is C8H6F13LiO. The molecule has 0 aromatic heterocycles. The van der Waals surface area contributed by atoms with Gasteiger partial charge in [0, 0.05) is 0 Å². The first-order valence-corrected chi connectivity index (χ1v) is 4.87. The molecule has 0 spiro atoms. The van der Waals surface area contributed by atoms with Crippen LogP contribution < -0.4 is 0 Å². The zero-order chi connectivity index (χ0) is 18.3. The van der Waals surface area contributed by atoms with Crippen molar-refractivity contribution in [3.8, 4) is 0 Å². The van der Waals surface area contributed by atoms with E-state index in [4.69, 9.17) is 5.11 Å². The summed E-state index contributed by atoms with van der Waals surface area (Å²) in [5.41, 5.74) is 0. The molecule has 0 aromatic rings. The van der Waals surface area contributed by atoms with Crippen molar-refractivity contribution in [3.05, 3.63) is 0 Å². The monoisotopic (exact) mass is 372 g/mol. The molecule has 0 heterocycles. The third-order valence-corrected chi connectivity index (χ3v) is 2.36. The molecule has 0 saturated carbocycles. The Morgan fingerprint density at radius 1 is 0.609 bits per heavy atom. The van der Waals surface area contributed by atoms with Crippen molar-refractivity contribution in [1.82, 2.24) is 0 Å². The van der Waals surface area contributed by atoms with Gasteiger partial charge < -0.3 is 5.11 Å². The van der Waals surface area contributed by atoms with Crippen molar-refractivity contribution >= 4 is 18.9 Å². The molecule has 0 radical (unpaired) electrons. The summed E-state index contributed by atoms with van der Waals surface area (Å²) in [6, 6.07) is 0. The van der Waals surface area contributed by atoms with Crippen LogP contribution >= 0.6 is 0 Å². The second-order valence-electron chi connectivity index (χ2n) is 3.94. The Morgan fingerprint density at radius 2 is 0.957 bits per heavy atom. The Balaban J connectivity index is 0. The second kappa shape index (κ2) is 7.26. The van der Waals surface area contributed by atoms with E-state index in [1.807, 2.05) is 0 Å². The number of alkyl halides is 13.